The van der Waals surface area contributed by atoms with Crippen LogP contribution in [0, 0.1) is 19.3 Å². The van der Waals surface area contributed by atoms with Crippen molar-refractivity contribution in [2.75, 3.05) is 18.5 Å². The zero-order chi connectivity index (χ0) is 14.7. The molecule has 1 aromatic rings. The summed E-state index contributed by atoms with van der Waals surface area (Å²) < 4.78 is 0. The van der Waals surface area contributed by atoms with Gasteiger partial charge in [-0.2, -0.15) is 0 Å². The Bertz CT molecular complexity index is 570. The van der Waals surface area contributed by atoms with Gasteiger partial charge in [-0.15, -0.1) is 0 Å². The summed E-state index contributed by atoms with van der Waals surface area (Å²) >= 11 is 0. The molecule has 106 valence electrons. The first kappa shape index (κ1) is 14.4. The minimum atomic E-state index is 0.590. The summed E-state index contributed by atoms with van der Waals surface area (Å²) in [7, 11) is 1.88. The van der Waals surface area contributed by atoms with Gasteiger partial charge in [0.1, 0.15) is 5.84 Å². The third-order valence-electron chi connectivity index (χ3n) is 3.81. The lowest BCUT2D eigenvalue weighted by atomic mass is 9.98. The number of anilines is 1. The van der Waals surface area contributed by atoms with Crippen molar-refractivity contribution in [2.24, 2.45) is 0 Å². The number of rotatable bonds is 3. The summed E-state index contributed by atoms with van der Waals surface area (Å²) in [5.74, 6) is 0.590. The first-order valence-corrected chi connectivity index (χ1v) is 7.05. The van der Waals surface area contributed by atoms with Crippen molar-refractivity contribution in [1.82, 2.24) is 5.32 Å². The van der Waals surface area contributed by atoms with E-state index in [1.165, 1.54) is 11.1 Å². The normalized spacial score (nSPS) is 17.9. The predicted octanol–water partition coefficient (Wildman–Crippen LogP) is 3.54. The number of nitrogens with zero attached hydrogens (tertiary/aromatic N) is 1. The van der Waals surface area contributed by atoms with E-state index in [-0.39, 0.29) is 0 Å². The number of aryl methyl sites for hydroxylation is 2. The van der Waals surface area contributed by atoms with Gasteiger partial charge in [-0.05, 0) is 44.4 Å². The molecule has 0 atom stereocenters. The Morgan fingerprint density at radius 2 is 2.15 bits per heavy atom. The summed E-state index contributed by atoms with van der Waals surface area (Å²) in [6.07, 6.45) is 3.79. The second kappa shape index (κ2) is 5.95. The summed E-state index contributed by atoms with van der Waals surface area (Å²) in [6.45, 7) is 8.94. The predicted molar refractivity (Wildman–Crippen MR) is 86.5 cm³/mol. The Morgan fingerprint density at radius 1 is 1.40 bits per heavy atom. The van der Waals surface area contributed by atoms with Crippen LogP contribution in [0.2, 0.25) is 0 Å². The fourth-order valence-corrected chi connectivity index (χ4v) is 2.79. The highest BCUT2D eigenvalue weighted by Crippen LogP contribution is 2.28. The van der Waals surface area contributed by atoms with Crippen molar-refractivity contribution in [1.29, 1.82) is 5.41 Å². The van der Waals surface area contributed by atoms with Gasteiger partial charge in [0.2, 0.25) is 0 Å². The third kappa shape index (κ3) is 2.62. The minimum Gasteiger partial charge on any atom is -0.388 e. The van der Waals surface area contributed by atoms with E-state index in [9.17, 15) is 0 Å². The monoisotopic (exact) mass is 269 g/mol. The van der Waals surface area contributed by atoms with E-state index in [0.29, 0.717) is 5.84 Å². The maximum atomic E-state index is 8.51. The molecule has 2 rings (SSSR count). The van der Waals surface area contributed by atoms with Gasteiger partial charge < -0.3 is 10.2 Å². The molecule has 1 saturated heterocycles. The second-order valence-electron chi connectivity index (χ2n) is 5.24. The van der Waals surface area contributed by atoms with E-state index in [0.717, 1.165) is 36.3 Å². The molecular formula is C17H23N3. The van der Waals surface area contributed by atoms with Crippen LogP contribution in [0.25, 0.3) is 0 Å². The van der Waals surface area contributed by atoms with Crippen LogP contribution in [0.4, 0.5) is 5.69 Å². The largest absolute Gasteiger partial charge is 0.388 e. The van der Waals surface area contributed by atoms with Gasteiger partial charge in [0.25, 0.3) is 0 Å². The van der Waals surface area contributed by atoms with Gasteiger partial charge in [0.15, 0.2) is 0 Å². The lowest BCUT2D eigenvalue weighted by Crippen LogP contribution is -2.38. The smallest absolute Gasteiger partial charge is 0.130 e. The molecular weight excluding hydrogens is 246 g/mol. The standard InChI is InChI=1S/C17H23N3/c1-5-15(19-4)14-7-6-10-20(17(14)18)16-9-8-12(2)11-13(16)3/h5,8-9,11,18-19H,1,6-7,10H2,2-4H3/b15-14-,18-17?. The molecule has 0 unspecified atom stereocenters. The molecule has 0 aromatic heterocycles. The van der Waals surface area contributed by atoms with E-state index < -0.39 is 0 Å². The molecule has 0 saturated carbocycles. The Balaban J connectivity index is 2.40. The Morgan fingerprint density at radius 3 is 2.75 bits per heavy atom. The number of piperidine rings is 1. The molecule has 0 aliphatic carbocycles. The molecule has 0 radical (unpaired) electrons. The van der Waals surface area contributed by atoms with Crippen LogP contribution >= 0.6 is 0 Å². The van der Waals surface area contributed by atoms with Crippen LogP contribution in [-0.4, -0.2) is 19.4 Å². The van der Waals surface area contributed by atoms with Crippen LogP contribution < -0.4 is 10.2 Å². The Labute approximate surface area is 121 Å². The topological polar surface area (TPSA) is 39.1 Å². The second-order valence-corrected chi connectivity index (χ2v) is 5.24. The molecule has 3 heteroatoms. The maximum Gasteiger partial charge on any atom is 0.130 e. The van der Waals surface area contributed by atoms with Crippen molar-refractivity contribution in [3.05, 3.63) is 53.3 Å². The average Bonchev–Trinajstić information content (AvgIpc) is 2.43. The molecule has 0 amide bonds. The summed E-state index contributed by atoms with van der Waals surface area (Å²) in [5, 5.41) is 11.7. The number of hydrogen-bond donors (Lipinski definition) is 2. The van der Waals surface area contributed by atoms with Crippen LogP contribution in [0.3, 0.4) is 0 Å². The number of allylic oxidation sites excluding steroid dienone is 1. The van der Waals surface area contributed by atoms with Gasteiger partial charge in [0.05, 0.1) is 0 Å². The summed E-state index contributed by atoms with van der Waals surface area (Å²) in [5.41, 5.74) is 5.63. The zero-order valence-electron chi connectivity index (χ0n) is 12.6. The van der Waals surface area contributed by atoms with Crippen molar-refractivity contribution < 1.29 is 0 Å². The van der Waals surface area contributed by atoms with E-state index in [2.05, 4.69) is 48.8 Å². The summed E-state index contributed by atoms with van der Waals surface area (Å²) in [4.78, 5) is 2.11. The fraction of sp³-hybridized carbons (Fsp3) is 0.353. The highest BCUT2D eigenvalue weighted by molar-refractivity contribution is 6.09. The number of amidine groups is 1. The number of nitrogens with one attached hydrogen (secondary N) is 2. The van der Waals surface area contributed by atoms with Crippen molar-refractivity contribution in [2.45, 2.75) is 26.7 Å². The lowest BCUT2D eigenvalue weighted by Gasteiger charge is -2.33. The van der Waals surface area contributed by atoms with E-state index in [4.69, 9.17) is 5.41 Å². The van der Waals surface area contributed by atoms with Crippen molar-refractivity contribution >= 4 is 11.5 Å². The van der Waals surface area contributed by atoms with E-state index in [1.807, 2.05) is 7.05 Å². The van der Waals surface area contributed by atoms with Gasteiger partial charge in [-0.1, -0.05) is 24.3 Å². The Hall–Kier alpha value is -2.03. The molecule has 2 N–H and O–H groups in total. The SMILES string of the molecule is C=C/C(NC)=C1\CCCN(c2ccc(C)cc2C)C1=N. The minimum absolute atomic E-state index is 0.590. The quantitative estimate of drug-likeness (QED) is 0.881. The molecule has 1 aliphatic heterocycles. The third-order valence-corrected chi connectivity index (χ3v) is 3.81. The van der Waals surface area contributed by atoms with Crippen LogP contribution in [0.1, 0.15) is 24.0 Å². The molecule has 1 aromatic carbocycles. The van der Waals surface area contributed by atoms with Gasteiger partial charge in [-0.25, -0.2) is 0 Å². The van der Waals surface area contributed by atoms with Crippen LogP contribution in [-0.2, 0) is 0 Å². The van der Waals surface area contributed by atoms with E-state index >= 15 is 0 Å². The fourth-order valence-electron chi connectivity index (χ4n) is 2.79. The van der Waals surface area contributed by atoms with Crippen molar-refractivity contribution in [3.8, 4) is 0 Å². The summed E-state index contributed by atoms with van der Waals surface area (Å²) in [6, 6.07) is 6.41. The average molecular weight is 269 g/mol. The maximum absolute atomic E-state index is 8.51. The molecule has 1 heterocycles. The first-order chi connectivity index (χ1) is 9.58. The number of likely N-dealkylation sites (N-methyl/N-ethyl adjacent to an activating group) is 1. The van der Waals surface area contributed by atoms with E-state index in [1.54, 1.807) is 6.08 Å². The van der Waals surface area contributed by atoms with Crippen molar-refractivity contribution in [3.63, 3.8) is 0 Å². The lowest BCUT2D eigenvalue weighted by molar-refractivity contribution is 0.769. The molecule has 1 fully saturated rings. The van der Waals surface area contributed by atoms with Gasteiger partial charge in [-0.3, -0.25) is 5.41 Å². The Kier molecular flexibility index (Phi) is 4.28. The van der Waals surface area contributed by atoms with Crippen LogP contribution in [0.15, 0.2) is 42.1 Å². The van der Waals surface area contributed by atoms with Gasteiger partial charge >= 0.3 is 0 Å². The highest BCUT2D eigenvalue weighted by Gasteiger charge is 2.24. The molecule has 20 heavy (non-hydrogen) atoms. The molecule has 0 spiro atoms. The van der Waals surface area contributed by atoms with Crippen LogP contribution in [0.5, 0.6) is 0 Å². The number of hydrogen-bond acceptors (Lipinski definition) is 2. The van der Waals surface area contributed by atoms with Gasteiger partial charge in [0, 0.05) is 30.5 Å². The molecule has 1 aliphatic rings. The zero-order valence-corrected chi connectivity index (χ0v) is 12.6. The number of benzene rings is 1. The molecule has 3 nitrogen and oxygen atoms in total. The highest BCUT2D eigenvalue weighted by atomic mass is 15.2. The molecule has 0 bridgehead atoms. The first-order valence-electron chi connectivity index (χ1n) is 7.05.